The lowest BCUT2D eigenvalue weighted by molar-refractivity contribution is -0.232. The minimum absolute atomic E-state index is 0.123. The van der Waals surface area contributed by atoms with Crippen LogP contribution in [-0.2, 0) is 4.74 Å². The van der Waals surface area contributed by atoms with Crippen LogP contribution in [0.15, 0.2) is 27.4 Å². The number of rotatable bonds is 2. The van der Waals surface area contributed by atoms with Gasteiger partial charge in [0.15, 0.2) is 11.5 Å². The number of ether oxygens (including phenoxy) is 1. The Bertz CT molecular complexity index is 1200. The minimum Gasteiger partial charge on any atom is -0.507 e. The summed E-state index contributed by atoms with van der Waals surface area (Å²) < 4.78 is 10.8. The van der Waals surface area contributed by atoms with Gasteiger partial charge in [-0.05, 0) is 6.07 Å². The van der Waals surface area contributed by atoms with Gasteiger partial charge < -0.3 is 50.0 Å². The summed E-state index contributed by atoms with van der Waals surface area (Å²) in [6.07, 6.45) is -8.16. The zero-order chi connectivity index (χ0) is 21.9. The Morgan fingerprint density at radius 1 is 0.833 bits per heavy atom. The molecule has 8 N–H and O–H groups in total. The molecule has 30 heavy (non-hydrogen) atoms. The van der Waals surface area contributed by atoms with Crippen molar-refractivity contribution in [2.75, 3.05) is 6.61 Å². The molecule has 0 unspecified atom stereocenters. The second kappa shape index (κ2) is 7.00. The lowest BCUT2D eigenvalue weighted by atomic mass is 9.89. The molecule has 2 aromatic carbocycles. The summed E-state index contributed by atoms with van der Waals surface area (Å²) >= 11 is 0. The van der Waals surface area contributed by atoms with Crippen LogP contribution in [-0.4, -0.2) is 71.9 Å². The number of fused-ring (bicyclic) bond motifs is 2. The van der Waals surface area contributed by atoms with Crippen LogP contribution in [0.2, 0.25) is 0 Å². The molecular weight excluding hydrogens is 404 g/mol. The van der Waals surface area contributed by atoms with Gasteiger partial charge in [-0.2, -0.15) is 0 Å². The van der Waals surface area contributed by atoms with E-state index in [9.17, 15) is 45.6 Å². The summed E-state index contributed by atoms with van der Waals surface area (Å²) in [5, 5.41) is 79.4. The monoisotopic (exact) mass is 422 g/mol. The highest BCUT2D eigenvalue weighted by Gasteiger charge is 2.46. The Balaban J connectivity index is 1.98. The van der Waals surface area contributed by atoms with Gasteiger partial charge in [0, 0.05) is 12.1 Å². The summed E-state index contributed by atoms with van der Waals surface area (Å²) in [6, 6.07) is 2.90. The average molecular weight is 422 g/mol. The zero-order valence-electron chi connectivity index (χ0n) is 15.1. The molecule has 11 nitrogen and oxygen atoms in total. The number of phenols is 4. The van der Waals surface area contributed by atoms with Gasteiger partial charge in [0.05, 0.1) is 17.6 Å². The van der Waals surface area contributed by atoms with Gasteiger partial charge in [0.1, 0.15) is 58.6 Å². The van der Waals surface area contributed by atoms with E-state index in [4.69, 9.17) is 9.15 Å². The van der Waals surface area contributed by atoms with Crippen molar-refractivity contribution in [3.8, 4) is 23.0 Å². The van der Waals surface area contributed by atoms with Crippen LogP contribution >= 0.6 is 0 Å². The molecule has 4 rings (SSSR count). The molecule has 5 atom stereocenters. The van der Waals surface area contributed by atoms with Crippen molar-refractivity contribution in [3.63, 3.8) is 0 Å². The first-order valence-corrected chi connectivity index (χ1v) is 8.83. The van der Waals surface area contributed by atoms with Crippen LogP contribution < -0.4 is 5.43 Å². The van der Waals surface area contributed by atoms with Gasteiger partial charge in [-0.15, -0.1) is 0 Å². The number of hydrogen-bond acceptors (Lipinski definition) is 11. The van der Waals surface area contributed by atoms with E-state index < -0.39 is 76.5 Å². The summed E-state index contributed by atoms with van der Waals surface area (Å²) in [5.74, 6) is -2.62. The lowest BCUT2D eigenvalue weighted by Crippen LogP contribution is -2.55. The van der Waals surface area contributed by atoms with Crippen LogP contribution in [0.4, 0.5) is 0 Å². The molecule has 1 saturated heterocycles. The minimum atomic E-state index is -1.81. The molecular formula is C19H18O11. The fourth-order valence-corrected chi connectivity index (χ4v) is 3.64. The fourth-order valence-electron chi connectivity index (χ4n) is 3.64. The van der Waals surface area contributed by atoms with Gasteiger partial charge >= 0.3 is 0 Å². The highest BCUT2D eigenvalue weighted by molar-refractivity contribution is 5.96. The van der Waals surface area contributed by atoms with Crippen molar-refractivity contribution in [1.29, 1.82) is 0 Å². The first-order valence-electron chi connectivity index (χ1n) is 8.83. The molecule has 1 aromatic heterocycles. The quantitative estimate of drug-likeness (QED) is 0.191. The Labute approximate surface area is 166 Å². The third-order valence-electron chi connectivity index (χ3n) is 5.23. The number of aromatic hydroxyl groups is 4. The predicted molar refractivity (Wildman–Crippen MR) is 99.4 cm³/mol. The van der Waals surface area contributed by atoms with Crippen molar-refractivity contribution in [2.24, 2.45) is 0 Å². The van der Waals surface area contributed by atoms with Crippen LogP contribution in [0.3, 0.4) is 0 Å². The van der Waals surface area contributed by atoms with E-state index in [-0.39, 0.29) is 16.6 Å². The van der Waals surface area contributed by atoms with Crippen molar-refractivity contribution in [3.05, 3.63) is 34.0 Å². The molecule has 0 aliphatic carbocycles. The highest BCUT2D eigenvalue weighted by atomic mass is 16.5. The molecule has 0 amide bonds. The molecule has 1 aliphatic heterocycles. The van der Waals surface area contributed by atoms with Crippen LogP contribution in [0, 0.1) is 0 Å². The topological polar surface area (TPSA) is 201 Å². The average Bonchev–Trinajstić information content (AvgIpc) is 2.69. The molecule has 0 saturated carbocycles. The lowest BCUT2D eigenvalue weighted by Gasteiger charge is -2.40. The van der Waals surface area contributed by atoms with E-state index in [2.05, 4.69) is 0 Å². The highest BCUT2D eigenvalue weighted by Crippen LogP contribution is 2.45. The summed E-state index contributed by atoms with van der Waals surface area (Å²) in [4.78, 5) is 12.9. The van der Waals surface area contributed by atoms with E-state index >= 15 is 0 Å². The smallest absolute Gasteiger partial charge is 0.204 e. The van der Waals surface area contributed by atoms with E-state index in [1.54, 1.807) is 0 Å². The summed E-state index contributed by atoms with van der Waals surface area (Å²) in [6.45, 7) is -0.730. The Morgan fingerprint density at radius 2 is 1.47 bits per heavy atom. The molecule has 1 aliphatic rings. The number of aliphatic hydroxyl groups excluding tert-OH is 4. The largest absolute Gasteiger partial charge is 0.507 e. The van der Waals surface area contributed by atoms with E-state index in [0.29, 0.717) is 0 Å². The Kier molecular flexibility index (Phi) is 4.71. The second-order valence-corrected chi connectivity index (χ2v) is 7.05. The predicted octanol–water partition coefficient (Wildman–Crippen LogP) is -0.717. The summed E-state index contributed by atoms with van der Waals surface area (Å²) in [5.41, 5.74) is -1.66. The number of hydrogen-bond donors (Lipinski definition) is 8. The molecule has 1 fully saturated rings. The fraction of sp³-hybridized carbons (Fsp3) is 0.316. The van der Waals surface area contributed by atoms with Gasteiger partial charge in [-0.1, -0.05) is 0 Å². The van der Waals surface area contributed by atoms with Crippen molar-refractivity contribution >= 4 is 21.9 Å². The first kappa shape index (κ1) is 20.2. The van der Waals surface area contributed by atoms with Gasteiger partial charge in [-0.3, -0.25) is 4.79 Å². The van der Waals surface area contributed by atoms with Crippen LogP contribution in [0.25, 0.3) is 21.9 Å². The Hall–Kier alpha value is -3.09. The van der Waals surface area contributed by atoms with Crippen molar-refractivity contribution in [2.45, 2.75) is 30.5 Å². The number of benzene rings is 2. The SMILES string of the molecule is O=c1c2cc(O)c(O)cc2oc2cc(O)c([C@@H]3O[C@H](CO)[C@H](O)[C@@H](O)[C@@H]3O)c(O)c12. The van der Waals surface area contributed by atoms with E-state index in [1.165, 1.54) is 0 Å². The molecule has 3 aromatic rings. The molecule has 0 radical (unpaired) electrons. The number of aliphatic hydroxyl groups is 4. The van der Waals surface area contributed by atoms with Crippen molar-refractivity contribution < 1.29 is 50.0 Å². The third-order valence-corrected chi connectivity index (χ3v) is 5.23. The maximum absolute atomic E-state index is 12.9. The maximum atomic E-state index is 12.9. The van der Waals surface area contributed by atoms with E-state index in [1.807, 2.05) is 0 Å². The van der Waals surface area contributed by atoms with Gasteiger partial charge in [0.2, 0.25) is 5.43 Å². The first-order chi connectivity index (χ1) is 14.1. The maximum Gasteiger partial charge on any atom is 0.204 e. The third kappa shape index (κ3) is 2.83. The molecule has 2 heterocycles. The van der Waals surface area contributed by atoms with E-state index in [0.717, 1.165) is 18.2 Å². The Morgan fingerprint density at radius 3 is 2.13 bits per heavy atom. The van der Waals surface area contributed by atoms with Crippen molar-refractivity contribution in [1.82, 2.24) is 0 Å². The molecule has 0 bridgehead atoms. The standard InChI is InChI=1S/C19H18O11/c20-4-11-15(25)17(27)18(28)19(30-11)12-8(23)3-10-13(16(12)26)14(24)5-1-6(21)7(22)2-9(5)29-10/h1-3,11,15,17-23,25-28H,4H2/t11-,15+,17-,18+,19+/m1/s1. The zero-order valence-corrected chi connectivity index (χ0v) is 15.1. The van der Waals surface area contributed by atoms with Gasteiger partial charge in [-0.25, -0.2) is 0 Å². The van der Waals surface area contributed by atoms with Crippen LogP contribution in [0.1, 0.15) is 11.7 Å². The second-order valence-electron chi connectivity index (χ2n) is 7.05. The summed E-state index contributed by atoms with van der Waals surface area (Å²) in [7, 11) is 0. The normalized spacial score (nSPS) is 27.0. The van der Waals surface area contributed by atoms with Gasteiger partial charge in [0.25, 0.3) is 0 Å². The number of phenolic OH excluding ortho intramolecular Hbond substituents is 4. The van der Waals surface area contributed by atoms with Crippen LogP contribution in [0.5, 0.6) is 23.0 Å². The molecule has 11 heteroatoms. The molecule has 160 valence electrons. The molecule has 0 spiro atoms.